The lowest BCUT2D eigenvalue weighted by Crippen LogP contribution is -2.58. The molecule has 2 saturated heterocycles. The van der Waals surface area contributed by atoms with Crippen LogP contribution < -0.4 is 0 Å². The largest absolute Gasteiger partial charge is 0.377 e. The molecule has 0 unspecified atom stereocenters. The van der Waals surface area contributed by atoms with Crippen LogP contribution in [0.3, 0.4) is 0 Å². The van der Waals surface area contributed by atoms with Gasteiger partial charge in [0.15, 0.2) is 0 Å². The number of fused-ring (bicyclic) bond motifs is 1. The lowest BCUT2D eigenvalue weighted by Gasteiger charge is -2.49. The highest BCUT2D eigenvalue weighted by Gasteiger charge is 2.48. The van der Waals surface area contributed by atoms with Crippen molar-refractivity contribution in [1.29, 1.82) is 0 Å². The number of rotatable bonds is 6. The Bertz CT molecular complexity index is 637. The summed E-state index contributed by atoms with van der Waals surface area (Å²) in [4.78, 5) is 4.01. The summed E-state index contributed by atoms with van der Waals surface area (Å²) in [5.41, 5.74) is 0.842. The summed E-state index contributed by atoms with van der Waals surface area (Å²) in [7, 11) is -3.17. The molecule has 1 aromatic rings. The van der Waals surface area contributed by atoms with Gasteiger partial charge in [-0.2, -0.15) is 0 Å². The molecule has 134 valence electrons. The molecule has 0 amide bonds. The molecule has 0 aromatic carbocycles. The van der Waals surface area contributed by atoms with Crippen LogP contribution in [0.15, 0.2) is 24.5 Å². The van der Waals surface area contributed by atoms with Gasteiger partial charge in [-0.1, -0.05) is 0 Å². The van der Waals surface area contributed by atoms with Crippen molar-refractivity contribution in [3.8, 4) is 0 Å². The van der Waals surface area contributed by atoms with Crippen molar-refractivity contribution in [2.75, 3.05) is 32.1 Å². The molecule has 0 saturated carbocycles. The minimum Gasteiger partial charge on any atom is -0.377 e. The number of sulfonamides is 1. The quantitative estimate of drug-likeness (QED) is 0.779. The molecule has 2 aliphatic heterocycles. The van der Waals surface area contributed by atoms with Crippen molar-refractivity contribution < 1.29 is 17.9 Å². The summed E-state index contributed by atoms with van der Waals surface area (Å²) in [6.45, 7) is 4.55. The van der Waals surface area contributed by atoms with Crippen LogP contribution >= 0.6 is 0 Å². The zero-order valence-electron chi connectivity index (χ0n) is 14.2. The fourth-order valence-corrected chi connectivity index (χ4v) is 4.93. The minimum atomic E-state index is -3.17. The van der Waals surface area contributed by atoms with E-state index in [1.54, 1.807) is 23.6 Å². The van der Waals surface area contributed by atoms with Crippen LogP contribution in [-0.4, -0.2) is 55.9 Å². The van der Waals surface area contributed by atoms with Crippen LogP contribution in [-0.2, 0) is 26.1 Å². The molecule has 0 radical (unpaired) electrons. The van der Waals surface area contributed by atoms with Crippen molar-refractivity contribution in [1.82, 2.24) is 9.29 Å². The SMILES string of the molecule is CCS(=O)(=O)N1CC[C@H]2OCCC[C@@]2(COCc2ccncc2)C1. The molecule has 6 nitrogen and oxygen atoms in total. The molecule has 2 aliphatic rings. The van der Waals surface area contributed by atoms with E-state index in [0.29, 0.717) is 26.3 Å². The molecule has 0 spiro atoms. The molecule has 3 rings (SSSR count). The van der Waals surface area contributed by atoms with Gasteiger partial charge in [-0.3, -0.25) is 4.98 Å². The number of pyridine rings is 1. The lowest BCUT2D eigenvalue weighted by molar-refractivity contribution is -0.144. The number of aromatic nitrogens is 1. The van der Waals surface area contributed by atoms with Gasteiger partial charge in [-0.05, 0) is 43.9 Å². The molecule has 2 fully saturated rings. The molecular weight excluding hydrogens is 328 g/mol. The van der Waals surface area contributed by atoms with Gasteiger partial charge in [0.25, 0.3) is 0 Å². The first-order valence-corrected chi connectivity index (χ1v) is 10.2. The summed E-state index contributed by atoms with van der Waals surface area (Å²) in [5, 5.41) is 0. The molecule has 1 aromatic heterocycles. The summed E-state index contributed by atoms with van der Waals surface area (Å²) < 4.78 is 38.2. The van der Waals surface area contributed by atoms with Crippen LogP contribution in [0.4, 0.5) is 0 Å². The second-order valence-electron chi connectivity index (χ2n) is 6.70. The maximum absolute atomic E-state index is 12.3. The van der Waals surface area contributed by atoms with Gasteiger partial charge in [-0.25, -0.2) is 12.7 Å². The first-order chi connectivity index (χ1) is 11.6. The zero-order valence-corrected chi connectivity index (χ0v) is 15.0. The molecule has 7 heteroatoms. The lowest BCUT2D eigenvalue weighted by atomic mass is 9.73. The molecule has 2 atom stereocenters. The predicted molar refractivity (Wildman–Crippen MR) is 91.0 cm³/mol. The van der Waals surface area contributed by atoms with E-state index in [-0.39, 0.29) is 17.3 Å². The third-order valence-electron chi connectivity index (χ3n) is 5.12. The Kier molecular flexibility index (Phi) is 5.54. The van der Waals surface area contributed by atoms with Crippen LogP contribution in [0.25, 0.3) is 0 Å². The Morgan fingerprint density at radius 1 is 1.42 bits per heavy atom. The Hall–Kier alpha value is -1.02. The first kappa shape index (κ1) is 17.8. The second kappa shape index (κ2) is 7.47. The molecule has 0 aliphatic carbocycles. The number of piperidine rings is 1. The van der Waals surface area contributed by atoms with E-state index in [4.69, 9.17) is 9.47 Å². The maximum atomic E-state index is 12.3. The molecule has 3 heterocycles. The van der Waals surface area contributed by atoms with Gasteiger partial charge in [0.2, 0.25) is 10.0 Å². The summed E-state index contributed by atoms with van der Waals surface area (Å²) in [5.74, 6) is 0.145. The van der Waals surface area contributed by atoms with E-state index >= 15 is 0 Å². The van der Waals surface area contributed by atoms with Crippen molar-refractivity contribution in [3.63, 3.8) is 0 Å². The van der Waals surface area contributed by atoms with E-state index in [0.717, 1.165) is 31.4 Å². The minimum absolute atomic E-state index is 0.0898. The van der Waals surface area contributed by atoms with Gasteiger partial charge < -0.3 is 9.47 Å². The van der Waals surface area contributed by atoms with Gasteiger partial charge in [0.1, 0.15) is 0 Å². The average Bonchev–Trinajstić information content (AvgIpc) is 2.62. The number of hydrogen-bond acceptors (Lipinski definition) is 5. The van der Waals surface area contributed by atoms with E-state index in [1.807, 2.05) is 12.1 Å². The van der Waals surface area contributed by atoms with Crippen molar-refractivity contribution in [2.45, 2.75) is 38.9 Å². The van der Waals surface area contributed by atoms with Gasteiger partial charge >= 0.3 is 0 Å². The normalized spacial score (nSPS) is 28.5. The third kappa shape index (κ3) is 3.79. The summed E-state index contributed by atoms with van der Waals surface area (Å²) >= 11 is 0. The van der Waals surface area contributed by atoms with Gasteiger partial charge in [0.05, 0.1) is 25.1 Å². The second-order valence-corrected chi connectivity index (χ2v) is 8.95. The Morgan fingerprint density at radius 3 is 2.96 bits per heavy atom. The monoisotopic (exact) mass is 354 g/mol. The smallest absolute Gasteiger partial charge is 0.213 e. The van der Waals surface area contributed by atoms with E-state index < -0.39 is 10.0 Å². The third-order valence-corrected chi connectivity index (χ3v) is 6.95. The van der Waals surface area contributed by atoms with Crippen molar-refractivity contribution in [3.05, 3.63) is 30.1 Å². The average molecular weight is 354 g/mol. The molecular formula is C17H26N2O4S. The standard InChI is InChI=1S/C17H26N2O4S/c1-2-24(20,21)19-10-6-16-17(13-19,7-3-11-23-16)14-22-12-15-4-8-18-9-5-15/h4-5,8-9,16H,2-3,6-7,10-14H2,1H3/t16-,17+/m1/s1. The highest BCUT2D eigenvalue weighted by atomic mass is 32.2. The fraction of sp³-hybridized carbons (Fsp3) is 0.706. The Morgan fingerprint density at radius 2 is 2.21 bits per heavy atom. The van der Waals surface area contributed by atoms with Crippen LogP contribution in [0.1, 0.15) is 31.7 Å². The maximum Gasteiger partial charge on any atom is 0.213 e. The molecule has 24 heavy (non-hydrogen) atoms. The number of hydrogen-bond donors (Lipinski definition) is 0. The number of ether oxygens (including phenoxy) is 2. The van der Waals surface area contributed by atoms with Crippen LogP contribution in [0.5, 0.6) is 0 Å². The summed E-state index contributed by atoms with van der Waals surface area (Å²) in [6.07, 6.45) is 6.24. The van der Waals surface area contributed by atoms with E-state index in [9.17, 15) is 8.42 Å². The Labute approximate surface area is 144 Å². The van der Waals surface area contributed by atoms with Crippen molar-refractivity contribution in [2.24, 2.45) is 5.41 Å². The topological polar surface area (TPSA) is 68.7 Å². The predicted octanol–water partition coefficient (Wildman–Crippen LogP) is 1.82. The fourth-order valence-electron chi connectivity index (χ4n) is 3.73. The molecule has 0 bridgehead atoms. The van der Waals surface area contributed by atoms with Crippen LogP contribution in [0.2, 0.25) is 0 Å². The molecule has 0 N–H and O–H groups in total. The Balaban J connectivity index is 1.69. The highest BCUT2D eigenvalue weighted by Crippen LogP contribution is 2.41. The highest BCUT2D eigenvalue weighted by molar-refractivity contribution is 7.89. The number of nitrogens with zero attached hydrogens (tertiary/aromatic N) is 2. The summed E-state index contributed by atoms with van der Waals surface area (Å²) in [6, 6.07) is 3.86. The zero-order chi connectivity index (χ0) is 17.0. The first-order valence-electron chi connectivity index (χ1n) is 8.62. The van der Waals surface area contributed by atoms with Gasteiger partial charge in [0, 0.05) is 37.5 Å². The van der Waals surface area contributed by atoms with Gasteiger partial charge in [-0.15, -0.1) is 0 Å². The van der Waals surface area contributed by atoms with Crippen LogP contribution in [0, 0.1) is 5.41 Å². The van der Waals surface area contributed by atoms with Crippen molar-refractivity contribution >= 4 is 10.0 Å². The van der Waals surface area contributed by atoms with E-state index in [1.165, 1.54) is 0 Å². The van der Waals surface area contributed by atoms with E-state index in [2.05, 4.69) is 4.98 Å².